The van der Waals surface area contributed by atoms with E-state index < -0.39 is 0 Å². The molecule has 1 aliphatic heterocycles. The van der Waals surface area contributed by atoms with E-state index in [1.165, 1.54) is 25.8 Å². The molecular formula is C12H18N6. The molecule has 6 nitrogen and oxygen atoms in total. The number of anilines is 1. The maximum absolute atomic E-state index is 4.34. The fourth-order valence-corrected chi connectivity index (χ4v) is 2.50. The largest absolute Gasteiger partial charge is 0.365 e. The van der Waals surface area contributed by atoms with Crippen molar-refractivity contribution in [3.05, 3.63) is 18.7 Å². The molecular weight excluding hydrogens is 228 g/mol. The number of likely N-dealkylation sites (N-methyl/N-ethyl adjacent to an activating group) is 1. The van der Waals surface area contributed by atoms with E-state index in [9.17, 15) is 0 Å². The molecule has 0 amide bonds. The highest BCUT2D eigenvalue weighted by Crippen LogP contribution is 2.16. The SMILES string of the molecule is CN1CCCCC1CNc1nccn2cnnc12. The van der Waals surface area contributed by atoms with Crippen LogP contribution < -0.4 is 5.32 Å². The first kappa shape index (κ1) is 11.4. The molecule has 1 fully saturated rings. The van der Waals surface area contributed by atoms with E-state index in [1.807, 2.05) is 10.6 Å². The Morgan fingerprint density at radius 3 is 3.28 bits per heavy atom. The molecule has 0 aromatic carbocycles. The summed E-state index contributed by atoms with van der Waals surface area (Å²) in [5.41, 5.74) is 0.788. The predicted molar refractivity (Wildman–Crippen MR) is 69.5 cm³/mol. The fraction of sp³-hybridized carbons (Fsp3) is 0.583. The van der Waals surface area contributed by atoms with Crippen molar-refractivity contribution in [1.29, 1.82) is 0 Å². The lowest BCUT2D eigenvalue weighted by atomic mass is 10.0. The van der Waals surface area contributed by atoms with Gasteiger partial charge in [0, 0.05) is 25.0 Å². The van der Waals surface area contributed by atoms with E-state index in [-0.39, 0.29) is 0 Å². The highest BCUT2D eigenvalue weighted by Gasteiger charge is 2.18. The first-order valence-corrected chi connectivity index (χ1v) is 6.43. The van der Waals surface area contributed by atoms with Gasteiger partial charge in [0.05, 0.1) is 0 Å². The summed E-state index contributed by atoms with van der Waals surface area (Å²) in [6, 6.07) is 0.587. The van der Waals surface area contributed by atoms with Crippen LogP contribution in [0.3, 0.4) is 0 Å². The zero-order valence-electron chi connectivity index (χ0n) is 10.6. The minimum Gasteiger partial charge on any atom is -0.365 e. The lowest BCUT2D eigenvalue weighted by Gasteiger charge is -2.32. The van der Waals surface area contributed by atoms with Crippen LogP contribution in [0.4, 0.5) is 5.82 Å². The van der Waals surface area contributed by atoms with Crippen molar-refractivity contribution in [2.24, 2.45) is 0 Å². The molecule has 1 aliphatic rings. The smallest absolute Gasteiger partial charge is 0.203 e. The van der Waals surface area contributed by atoms with E-state index in [0.717, 1.165) is 18.0 Å². The van der Waals surface area contributed by atoms with Gasteiger partial charge in [-0.05, 0) is 26.4 Å². The summed E-state index contributed by atoms with van der Waals surface area (Å²) in [5, 5.41) is 11.4. The summed E-state index contributed by atoms with van der Waals surface area (Å²) in [4.78, 5) is 6.75. The van der Waals surface area contributed by atoms with Crippen molar-refractivity contribution in [3.8, 4) is 0 Å². The molecule has 3 heterocycles. The molecule has 0 aliphatic carbocycles. The second-order valence-corrected chi connectivity index (χ2v) is 4.85. The number of nitrogens with zero attached hydrogens (tertiary/aromatic N) is 5. The van der Waals surface area contributed by atoms with Gasteiger partial charge < -0.3 is 10.2 Å². The predicted octanol–water partition coefficient (Wildman–Crippen LogP) is 1.02. The summed E-state index contributed by atoms with van der Waals surface area (Å²) >= 11 is 0. The molecule has 6 heteroatoms. The molecule has 18 heavy (non-hydrogen) atoms. The molecule has 3 rings (SSSR count). The Morgan fingerprint density at radius 2 is 2.39 bits per heavy atom. The van der Waals surface area contributed by atoms with E-state index in [1.54, 1.807) is 12.5 Å². The Kier molecular flexibility index (Phi) is 3.10. The number of likely N-dealkylation sites (tertiary alicyclic amines) is 1. The topological polar surface area (TPSA) is 58.4 Å². The molecule has 0 radical (unpaired) electrons. The second kappa shape index (κ2) is 4.89. The minimum atomic E-state index is 0.587. The van der Waals surface area contributed by atoms with Crippen LogP contribution in [0.25, 0.3) is 5.65 Å². The van der Waals surface area contributed by atoms with Gasteiger partial charge in [-0.15, -0.1) is 10.2 Å². The van der Waals surface area contributed by atoms with Gasteiger partial charge in [-0.25, -0.2) is 4.98 Å². The van der Waals surface area contributed by atoms with E-state index >= 15 is 0 Å². The van der Waals surface area contributed by atoms with Gasteiger partial charge in [0.25, 0.3) is 0 Å². The Hall–Kier alpha value is -1.69. The van der Waals surface area contributed by atoms with Gasteiger partial charge in [-0.3, -0.25) is 4.40 Å². The molecule has 0 spiro atoms. The van der Waals surface area contributed by atoms with E-state index in [4.69, 9.17) is 0 Å². The molecule has 2 aromatic heterocycles. The molecule has 2 aromatic rings. The van der Waals surface area contributed by atoms with Crippen molar-refractivity contribution in [1.82, 2.24) is 24.5 Å². The summed E-state index contributed by atoms with van der Waals surface area (Å²) < 4.78 is 1.87. The first-order chi connectivity index (χ1) is 8.84. The number of rotatable bonds is 3. The third-order valence-corrected chi connectivity index (χ3v) is 3.64. The fourth-order valence-electron chi connectivity index (χ4n) is 2.50. The van der Waals surface area contributed by atoms with Crippen molar-refractivity contribution in [2.45, 2.75) is 25.3 Å². The number of fused-ring (bicyclic) bond motifs is 1. The molecule has 1 N–H and O–H groups in total. The molecule has 0 saturated carbocycles. The van der Waals surface area contributed by atoms with Gasteiger partial charge in [-0.2, -0.15) is 0 Å². The van der Waals surface area contributed by atoms with Gasteiger partial charge in [0.1, 0.15) is 6.33 Å². The van der Waals surface area contributed by atoms with Crippen LogP contribution >= 0.6 is 0 Å². The lowest BCUT2D eigenvalue weighted by molar-refractivity contribution is 0.194. The number of piperidine rings is 1. The minimum absolute atomic E-state index is 0.587. The average Bonchev–Trinajstić information content (AvgIpc) is 2.86. The lowest BCUT2D eigenvalue weighted by Crippen LogP contribution is -2.40. The third kappa shape index (κ3) is 2.15. The highest BCUT2D eigenvalue weighted by molar-refractivity contribution is 5.61. The van der Waals surface area contributed by atoms with Crippen LogP contribution in [0.2, 0.25) is 0 Å². The van der Waals surface area contributed by atoms with Crippen LogP contribution in [0.1, 0.15) is 19.3 Å². The number of hydrogen-bond donors (Lipinski definition) is 1. The monoisotopic (exact) mass is 246 g/mol. The number of nitrogens with one attached hydrogen (secondary N) is 1. The zero-order chi connectivity index (χ0) is 12.4. The summed E-state index contributed by atoms with van der Waals surface area (Å²) in [5.74, 6) is 0.814. The Labute approximate surface area is 106 Å². The Morgan fingerprint density at radius 1 is 1.44 bits per heavy atom. The van der Waals surface area contributed by atoms with Gasteiger partial charge in [0.2, 0.25) is 5.65 Å². The molecule has 0 bridgehead atoms. The van der Waals surface area contributed by atoms with Crippen LogP contribution in [0.5, 0.6) is 0 Å². The van der Waals surface area contributed by atoms with Crippen molar-refractivity contribution in [3.63, 3.8) is 0 Å². The summed E-state index contributed by atoms with van der Waals surface area (Å²) in [6.07, 6.45) is 9.19. The molecule has 1 saturated heterocycles. The number of hydrogen-bond acceptors (Lipinski definition) is 5. The van der Waals surface area contributed by atoms with Gasteiger partial charge >= 0.3 is 0 Å². The molecule has 96 valence electrons. The van der Waals surface area contributed by atoms with E-state index in [2.05, 4.69) is 32.4 Å². The maximum atomic E-state index is 4.34. The van der Waals surface area contributed by atoms with Crippen molar-refractivity contribution < 1.29 is 0 Å². The van der Waals surface area contributed by atoms with Gasteiger partial charge in [-0.1, -0.05) is 6.42 Å². The third-order valence-electron chi connectivity index (χ3n) is 3.64. The summed E-state index contributed by atoms with van der Waals surface area (Å²) in [6.45, 7) is 2.10. The molecule has 1 atom stereocenters. The van der Waals surface area contributed by atoms with E-state index in [0.29, 0.717) is 6.04 Å². The normalized spacial score (nSPS) is 21.3. The van der Waals surface area contributed by atoms with Crippen LogP contribution in [-0.4, -0.2) is 50.7 Å². The van der Waals surface area contributed by atoms with Crippen LogP contribution in [0, 0.1) is 0 Å². The maximum Gasteiger partial charge on any atom is 0.203 e. The quantitative estimate of drug-likeness (QED) is 0.876. The highest BCUT2D eigenvalue weighted by atomic mass is 15.3. The van der Waals surface area contributed by atoms with Crippen LogP contribution in [-0.2, 0) is 0 Å². The Bertz CT molecular complexity index is 522. The van der Waals surface area contributed by atoms with Crippen molar-refractivity contribution >= 4 is 11.5 Å². The number of aromatic nitrogens is 4. The second-order valence-electron chi connectivity index (χ2n) is 4.85. The van der Waals surface area contributed by atoms with Gasteiger partial charge in [0.15, 0.2) is 5.82 Å². The zero-order valence-corrected chi connectivity index (χ0v) is 10.6. The first-order valence-electron chi connectivity index (χ1n) is 6.43. The summed E-state index contributed by atoms with van der Waals surface area (Å²) in [7, 11) is 2.19. The van der Waals surface area contributed by atoms with Crippen molar-refractivity contribution in [2.75, 3.05) is 25.5 Å². The average molecular weight is 246 g/mol. The molecule has 1 unspecified atom stereocenters. The van der Waals surface area contributed by atoms with Crippen LogP contribution in [0.15, 0.2) is 18.7 Å². The standard InChI is InChI=1S/C12H18N6/c1-17-6-3-2-4-10(17)8-14-11-12-16-15-9-18(12)7-5-13-11/h5,7,9-10H,2-4,6,8H2,1H3,(H,13,14). The Balaban J connectivity index is 1.71.